The Morgan fingerprint density at radius 1 is 1.06 bits per heavy atom. The molecule has 2 heterocycles. The predicted molar refractivity (Wildman–Crippen MR) is 128 cm³/mol. The molecular formula is C26H32N4O3S. The van der Waals surface area contributed by atoms with Gasteiger partial charge in [-0.1, -0.05) is 17.7 Å². The Balaban J connectivity index is 1.17. The van der Waals surface area contributed by atoms with Crippen LogP contribution in [0.1, 0.15) is 61.8 Å². The molecule has 4 fully saturated rings. The van der Waals surface area contributed by atoms with Gasteiger partial charge in [-0.3, -0.25) is 4.79 Å². The number of carbonyl (C=O) groups is 1. The Morgan fingerprint density at radius 2 is 1.71 bits per heavy atom. The molecule has 5 aliphatic rings. The highest BCUT2D eigenvalue weighted by atomic mass is 32.2. The fraction of sp³-hybridized carbons (Fsp3) is 0.577. The molecule has 4 bridgehead atoms. The van der Waals surface area contributed by atoms with Gasteiger partial charge in [0.1, 0.15) is 12.1 Å². The second-order valence-corrected chi connectivity index (χ2v) is 13.1. The number of nitrogens with one attached hydrogen (secondary N) is 1. The number of rotatable bonds is 5. The molecule has 180 valence electrons. The molecule has 1 aliphatic heterocycles. The van der Waals surface area contributed by atoms with Crippen LogP contribution in [0.2, 0.25) is 0 Å². The number of aryl methyl sites for hydroxylation is 1. The zero-order valence-electron chi connectivity index (χ0n) is 19.7. The lowest BCUT2D eigenvalue weighted by Gasteiger charge is -2.56. The van der Waals surface area contributed by atoms with E-state index in [1.807, 2.05) is 19.1 Å². The number of sulfonamides is 1. The van der Waals surface area contributed by atoms with Crippen molar-refractivity contribution in [3.8, 4) is 0 Å². The number of carbonyl (C=O) groups excluding carboxylic acids is 1. The largest absolute Gasteiger partial charge is 0.310 e. The predicted octanol–water partition coefficient (Wildman–Crippen LogP) is 4.08. The molecule has 1 amide bonds. The monoisotopic (exact) mass is 480 g/mol. The first-order chi connectivity index (χ1) is 16.3. The zero-order chi connectivity index (χ0) is 23.5. The van der Waals surface area contributed by atoms with Crippen molar-refractivity contribution in [2.24, 2.45) is 23.2 Å². The van der Waals surface area contributed by atoms with Crippen LogP contribution in [0.3, 0.4) is 0 Å². The molecule has 8 heteroatoms. The van der Waals surface area contributed by atoms with Gasteiger partial charge in [0.15, 0.2) is 0 Å². The number of nitrogens with zero attached hydrogens (tertiary/aromatic N) is 3. The number of hydrogen-bond acceptors (Lipinski definition) is 5. The van der Waals surface area contributed by atoms with E-state index >= 15 is 0 Å². The van der Waals surface area contributed by atoms with Crippen molar-refractivity contribution >= 4 is 21.7 Å². The second kappa shape index (κ2) is 8.12. The van der Waals surface area contributed by atoms with Crippen molar-refractivity contribution in [1.82, 2.24) is 14.3 Å². The fourth-order valence-electron chi connectivity index (χ4n) is 7.53. The van der Waals surface area contributed by atoms with Crippen LogP contribution in [-0.2, 0) is 27.8 Å². The number of amides is 1. The summed E-state index contributed by atoms with van der Waals surface area (Å²) < 4.78 is 27.7. The van der Waals surface area contributed by atoms with E-state index < -0.39 is 10.0 Å². The van der Waals surface area contributed by atoms with Gasteiger partial charge in [-0.2, -0.15) is 4.31 Å². The molecule has 7 nitrogen and oxygen atoms in total. The maximum Gasteiger partial charge on any atom is 0.243 e. The molecule has 4 aliphatic carbocycles. The summed E-state index contributed by atoms with van der Waals surface area (Å²) in [5.74, 6) is 3.02. The highest BCUT2D eigenvalue weighted by Gasteiger charge is 2.51. The average Bonchev–Trinajstić information content (AvgIpc) is 2.78. The van der Waals surface area contributed by atoms with Crippen molar-refractivity contribution in [2.45, 2.75) is 69.7 Å². The molecule has 0 unspecified atom stereocenters. The molecule has 1 N–H and O–H groups in total. The van der Waals surface area contributed by atoms with Crippen LogP contribution in [0.5, 0.6) is 0 Å². The summed E-state index contributed by atoms with van der Waals surface area (Å²) in [4.78, 5) is 22.2. The van der Waals surface area contributed by atoms with Gasteiger partial charge >= 0.3 is 0 Å². The summed E-state index contributed by atoms with van der Waals surface area (Å²) in [7, 11) is -3.60. The third-order valence-electron chi connectivity index (χ3n) is 8.59. The van der Waals surface area contributed by atoms with Gasteiger partial charge in [-0.25, -0.2) is 18.4 Å². The Morgan fingerprint density at radius 3 is 2.35 bits per heavy atom. The summed E-state index contributed by atoms with van der Waals surface area (Å²) in [6.45, 7) is 2.46. The molecule has 0 atom stereocenters. The van der Waals surface area contributed by atoms with E-state index in [4.69, 9.17) is 0 Å². The van der Waals surface area contributed by atoms with Gasteiger partial charge in [-0.05, 0) is 87.2 Å². The molecule has 34 heavy (non-hydrogen) atoms. The van der Waals surface area contributed by atoms with Crippen LogP contribution in [0.25, 0.3) is 0 Å². The minimum atomic E-state index is -3.60. The smallest absolute Gasteiger partial charge is 0.243 e. The van der Waals surface area contributed by atoms with E-state index in [1.54, 1.807) is 12.1 Å². The highest BCUT2D eigenvalue weighted by Crippen LogP contribution is 2.61. The first kappa shape index (κ1) is 22.2. The molecule has 1 aromatic carbocycles. The van der Waals surface area contributed by atoms with Crippen LogP contribution in [0.15, 0.2) is 35.5 Å². The summed E-state index contributed by atoms with van der Waals surface area (Å²) in [6, 6.07) is 6.92. The quantitative estimate of drug-likeness (QED) is 0.696. The molecule has 4 saturated carbocycles. The van der Waals surface area contributed by atoms with Crippen LogP contribution >= 0.6 is 0 Å². The van der Waals surface area contributed by atoms with Crippen molar-refractivity contribution in [2.75, 3.05) is 11.9 Å². The Bertz CT molecular complexity index is 1190. The first-order valence-electron chi connectivity index (χ1n) is 12.5. The van der Waals surface area contributed by atoms with Crippen LogP contribution in [0.4, 0.5) is 5.82 Å². The second-order valence-electron chi connectivity index (χ2n) is 11.2. The van der Waals surface area contributed by atoms with Crippen molar-refractivity contribution in [3.63, 3.8) is 0 Å². The van der Waals surface area contributed by atoms with Crippen molar-refractivity contribution < 1.29 is 13.2 Å². The van der Waals surface area contributed by atoms with Crippen LogP contribution < -0.4 is 5.32 Å². The van der Waals surface area contributed by atoms with E-state index in [2.05, 4.69) is 15.3 Å². The summed E-state index contributed by atoms with van der Waals surface area (Å²) in [6.07, 6.45) is 10.2. The molecule has 0 spiro atoms. The lowest BCUT2D eigenvalue weighted by Crippen LogP contribution is -2.47. The Kier molecular flexibility index (Phi) is 5.30. The topological polar surface area (TPSA) is 92.3 Å². The lowest BCUT2D eigenvalue weighted by molar-refractivity contribution is -0.124. The third kappa shape index (κ3) is 3.94. The third-order valence-corrected chi connectivity index (χ3v) is 10.4. The molecule has 0 radical (unpaired) electrons. The maximum atomic E-state index is 13.1. The van der Waals surface area contributed by atoms with Crippen molar-refractivity contribution in [1.29, 1.82) is 0 Å². The van der Waals surface area contributed by atoms with Gasteiger partial charge in [0, 0.05) is 18.5 Å². The lowest BCUT2D eigenvalue weighted by atomic mass is 9.49. The average molecular weight is 481 g/mol. The summed E-state index contributed by atoms with van der Waals surface area (Å²) in [5, 5.41) is 3.08. The van der Waals surface area contributed by atoms with E-state index in [-0.39, 0.29) is 17.9 Å². The van der Waals surface area contributed by atoms with Gasteiger partial charge in [0.05, 0.1) is 17.1 Å². The number of aromatic nitrogens is 2. The van der Waals surface area contributed by atoms with Crippen LogP contribution in [-0.4, -0.2) is 35.1 Å². The van der Waals surface area contributed by atoms with Crippen molar-refractivity contribution in [3.05, 3.63) is 47.4 Å². The summed E-state index contributed by atoms with van der Waals surface area (Å²) >= 11 is 0. The first-order valence-corrected chi connectivity index (χ1v) is 13.9. The molecular weight excluding hydrogens is 448 g/mol. The molecule has 1 aromatic heterocycles. The van der Waals surface area contributed by atoms with Gasteiger partial charge in [-0.15, -0.1) is 0 Å². The number of hydrogen-bond donors (Lipinski definition) is 1. The Hall–Kier alpha value is -2.32. The molecule has 0 saturated heterocycles. The van der Waals surface area contributed by atoms with Crippen LogP contribution in [0, 0.1) is 30.1 Å². The van der Waals surface area contributed by atoms with Gasteiger partial charge < -0.3 is 5.32 Å². The number of fused-ring (bicyclic) bond motifs is 1. The standard InChI is InChI=1S/C26H32N4O3S/c1-17-2-4-21(5-3-17)34(32,33)30-7-6-22-23(15-30)27-16-28-25(22)29-24(31)14-26-11-18-8-19(12-26)10-20(9-18)13-26/h2-5,16,18-20H,6-15H2,1H3,(H,27,28,29,31). The Labute approximate surface area is 201 Å². The normalized spacial score (nSPS) is 30.2. The number of anilines is 1. The van der Waals surface area contributed by atoms with E-state index in [0.717, 1.165) is 28.9 Å². The summed E-state index contributed by atoms with van der Waals surface area (Å²) in [5.41, 5.74) is 2.72. The maximum absolute atomic E-state index is 13.1. The molecule has 7 rings (SSSR count). The fourth-order valence-corrected chi connectivity index (χ4v) is 8.93. The van der Waals surface area contributed by atoms with E-state index in [0.29, 0.717) is 35.8 Å². The van der Waals surface area contributed by atoms with Gasteiger partial charge in [0.2, 0.25) is 15.9 Å². The molecule has 2 aromatic rings. The zero-order valence-corrected chi connectivity index (χ0v) is 20.5. The number of benzene rings is 1. The highest BCUT2D eigenvalue weighted by molar-refractivity contribution is 7.89. The minimum Gasteiger partial charge on any atom is -0.310 e. The van der Waals surface area contributed by atoms with Gasteiger partial charge in [0.25, 0.3) is 0 Å². The van der Waals surface area contributed by atoms with E-state index in [9.17, 15) is 13.2 Å². The minimum absolute atomic E-state index is 0.0394. The van der Waals surface area contributed by atoms with E-state index in [1.165, 1.54) is 49.2 Å². The SMILES string of the molecule is Cc1ccc(S(=O)(=O)N2CCc3c(ncnc3NC(=O)CC34CC5CC(CC(C5)C3)C4)C2)cc1.